The summed E-state index contributed by atoms with van der Waals surface area (Å²) < 4.78 is 8.35. The molecule has 2 unspecified atom stereocenters. The van der Waals surface area contributed by atoms with E-state index in [1.165, 1.54) is 27.9 Å². The molecule has 10 nitrogen and oxygen atoms in total. The van der Waals surface area contributed by atoms with Crippen LogP contribution in [0.2, 0.25) is 0 Å². The molecule has 11 heteroatoms. The van der Waals surface area contributed by atoms with E-state index in [4.69, 9.17) is 0 Å². The minimum absolute atomic E-state index is 0. The zero-order valence-corrected chi connectivity index (χ0v) is 30.5. The predicted molar refractivity (Wildman–Crippen MR) is 206 cm³/mol. The summed E-state index contributed by atoms with van der Waals surface area (Å²) in [5.41, 5.74) is 0.473. The molecule has 2 aliphatic carbocycles. The number of hydrogen-bond donors (Lipinski definition) is 0. The van der Waals surface area contributed by atoms with Crippen LogP contribution in [0.4, 0.5) is 0 Å². The third kappa shape index (κ3) is 5.92. The first-order chi connectivity index (χ1) is 26.5. The predicted octanol–water partition coefficient (Wildman–Crippen LogP) is 4.80. The van der Waals surface area contributed by atoms with Gasteiger partial charge in [-0.3, -0.25) is 0 Å². The number of aromatic nitrogens is 6. The van der Waals surface area contributed by atoms with Crippen LogP contribution in [-0.2, 0) is 35.7 Å². The van der Waals surface area contributed by atoms with E-state index in [9.17, 15) is 19.2 Å². The first-order valence-electron chi connectivity index (χ1n) is 17.7. The molecule has 4 heterocycles. The zero-order valence-electron chi connectivity index (χ0n) is 29.4. The Hall–Kier alpha value is -5.38. The molecule has 2 fully saturated rings. The molecule has 55 heavy (non-hydrogen) atoms. The molecule has 4 aromatic carbocycles. The number of rotatable bonds is 5. The minimum atomic E-state index is -1.40. The van der Waals surface area contributed by atoms with Crippen LogP contribution in [-0.4, -0.2) is 27.9 Å². The first kappa shape index (κ1) is 36.6. The molecule has 0 amide bonds. The van der Waals surface area contributed by atoms with Gasteiger partial charge in [-0.25, -0.2) is 47.0 Å². The van der Waals surface area contributed by atoms with Crippen molar-refractivity contribution in [3.63, 3.8) is 0 Å². The number of allylic oxidation sites excluding steroid dienone is 2. The summed E-state index contributed by atoms with van der Waals surface area (Å²) in [7, 11) is 0. The molecule has 0 spiro atoms. The van der Waals surface area contributed by atoms with Crippen molar-refractivity contribution in [2.24, 2.45) is 0 Å². The molecular formula is C44H34FeN6O4+2. The third-order valence-corrected chi connectivity index (χ3v) is 10.4. The van der Waals surface area contributed by atoms with Crippen molar-refractivity contribution in [1.82, 2.24) is 27.9 Å². The standard InChI is InChI=1S/C39H29N6O4.C5H5.Fe/c46-35-40-25-32(27-15-5-1-6-16-27)33-34(28-17-13-14-18-28)44-37(48)42(30-21-9-3-10-22-30)36(47)41(44)26-39(33,29-19-7-2-8-20-29)45(40)38(49)43(35)31-23-11-4-12-24-31;1-2-4-5-3-1;/h1-24,34H,25-26H2;1-5H;/q;;+2. The SMILES string of the molecule is O=c1n(-c2ccccc2)c(=O)n2n1CC1(c3ccccc3)C(=C(c3ccccc3)Cn3c(=O)n(-c4ccccc4)c(=O)n31)C2[C]1[CH][CH][CH][CH]1.[CH]1[CH][CH][CH][CH]1.[Fe+2]. The van der Waals surface area contributed by atoms with Gasteiger partial charge in [0.15, 0.2) is 0 Å². The van der Waals surface area contributed by atoms with E-state index in [-0.39, 0.29) is 30.2 Å². The second-order valence-electron chi connectivity index (χ2n) is 13.3. The summed E-state index contributed by atoms with van der Waals surface area (Å²) >= 11 is 0. The van der Waals surface area contributed by atoms with E-state index in [0.29, 0.717) is 16.9 Å². The van der Waals surface area contributed by atoms with Crippen molar-refractivity contribution < 1.29 is 17.1 Å². The van der Waals surface area contributed by atoms with Crippen molar-refractivity contribution in [2.75, 3.05) is 0 Å². The fraction of sp³-hybridized carbons (Fsp3) is 0.0909. The van der Waals surface area contributed by atoms with Gasteiger partial charge in [-0.1, -0.05) is 97.1 Å². The largest absolute Gasteiger partial charge is 2.00 e. The van der Waals surface area contributed by atoms with E-state index in [0.717, 1.165) is 22.6 Å². The quantitative estimate of drug-likeness (QED) is 0.236. The third-order valence-electron chi connectivity index (χ3n) is 10.4. The molecule has 10 rings (SSSR count). The van der Waals surface area contributed by atoms with Crippen LogP contribution in [0.1, 0.15) is 17.2 Å². The first-order valence-corrected chi connectivity index (χ1v) is 17.7. The van der Waals surface area contributed by atoms with Gasteiger partial charge in [0.25, 0.3) is 0 Å². The van der Waals surface area contributed by atoms with Crippen LogP contribution in [0.5, 0.6) is 0 Å². The van der Waals surface area contributed by atoms with Crippen LogP contribution in [0.15, 0.2) is 146 Å². The van der Waals surface area contributed by atoms with Crippen molar-refractivity contribution >= 4 is 5.57 Å². The molecule has 270 valence electrons. The molecule has 6 aromatic rings. The van der Waals surface area contributed by atoms with Crippen molar-refractivity contribution in [2.45, 2.75) is 24.7 Å². The van der Waals surface area contributed by atoms with Gasteiger partial charge in [-0.15, -0.1) is 0 Å². The van der Waals surface area contributed by atoms with Crippen molar-refractivity contribution in [3.8, 4) is 11.4 Å². The smallest absolute Gasteiger partial charge is 0.246 e. The van der Waals surface area contributed by atoms with Gasteiger partial charge in [-0.05, 0) is 104 Å². The molecule has 2 aliphatic heterocycles. The van der Waals surface area contributed by atoms with Gasteiger partial charge in [0.1, 0.15) is 5.54 Å². The summed E-state index contributed by atoms with van der Waals surface area (Å²) in [4.78, 5) is 58.6. The van der Waals surface area contributed by atoms with Gasteiger partial charge in [-0.2, -0.15) is 0 Å². The van der Waals surface area contributed by atoms with E-state index in [2.05, 4.69) is 0 Å². The van der Waals surface area contributed by atoms with Crippen molar-refractivity contribution in [3.05, 3.63) is 244 Å². The Morgan fingerprint density at radius 2 is 0.982 bits per heavy atom. The maximum absolute atomic E-state index is 14.9. The van der Waals surface area contributed by atoms with Gasteiger partial charge in [0.05, 0.1) is 30.5 Å². The van der Waals surface area contributed by atoms with Gasteiger partial charge in [0, 0.05) is 5.92 Å². The Bertz CT molecular complexity index is 2560. The maximum Gasteiger partial charge on any atom is 2.00 e. The number of benzene rings is 4. The molecule has 0 N–H and O–H groups in total. The zero-order chi connectivity index (χ0) is 36.8. The minimum Gasteiger partial charge on any atom is -0.246 e. The van der Waals surface area contributed by atoms with Crippen LogP contribution in [0.25, 0.3) is 16.9 Å². The summed E-state index contributed by atoms with van der Waals surface area (Å²) in [6, 6.07) is 36.1. The summed E-state index contributed by atoms with van der Waals surface area (Å²) in [6.07, 6.45) is 17.7. The van der Waals surface area contributed by atoms with E-state index in [1.807, 2.05) is 131 Å². The fourth-order valence-electron chi connectivity index (χ4n) is 8.12. The number of nitrogens with zero attached hydrogens (tertiary/aromatic N) is 6. The molecule has 0 bridgehead atoms. The Morgan fingerprint density at radius 3 is 1.53 bits per heavy atom. The summed E-state index contributed by atoms with van der Waals surface area (Å²) in [6.45, 7) is -0.0522. The average molecular weight is 767 g/mol. The molecule has 10 radical (unpaired) electrons. The molecule has 2 aromatic heterocycles. The van der Waals surface area contributed by atoms with Gasteiger partial charge < -0.3 is 0 Å². The Balaban J connectivity index is 0.000000661. The molecule has 2 atom stereocenters. The van der Waals surface area contributed by atoms with E-state index < -0.39 is 34.3 Å². The van der Waals surface area contributed by atoms with Crippen LogP contribution in [0.3, 0.4) is 0 Å². The monoisotopic (exact) mass is 766 g/mol. The van der Waals surface area contributed by atoms with E-state index in [1.54, 1.807) is 48.5 Å². The Kier molecular flexibility index (Phi) is 10.0. The molecule has 2 saturated carbocycles. The molecular weight excluding hydrogens is 732 g/mol. The molecule has 0 saturated heterocycles. The van der Waals surface area contributed by atoms with Gasteiger partial charge >= 0.3 is 39.8 Å². The van der Waals surface area contributed by atoms with E-state index >= 15 is 0 Å². The summed E-state index contributed by atoms with van der Waals surface area (Å²) in [5.74, 6) is 0.774. The topological polar surface area (TPSA) is 97.9 Å². The number of para-hydroxylation sites is 2. The normalized spacial score (nSPS) is 20.2. The maximum atomic E-state index is 14.9. The second-order valence-corrected chi connectivity index (χ2v) is 13.3. The Morgan fingerprint density at radius 1 is 0.509 bits per heavy atom. The van der Waals surface area contributed by atoms with Gasteiger partial charge in [0.2, 0.25) is 0 Å². The van der Waals surface area contributed by atoms with Crippen LogP contribution in [0, 0.1) is 63.7 Å². The van der Waals surface area contributed by atoms with Crippen molar-refractivity contribution in [1.29, 1.82) is 0 Å². The Labute approximate surface area is 329 Å². The number of hydrogen-bond acceptors (Lipinski definition) is 4. The van der Waals surface area contributed by atoms with Crippen LogP contribution < -0.4 is 22.8 Å². The average Bonchev–Trinajstić information content (AvgIpc) is 4.06. The molecule has 4 aliphatic rings. The fourth-order valence-corrected chi connectivity index (χ4v) is 8.12. The summed E-state index contributed by atoms with van der Waals surface area (Å²) in [5, 5.41) is 0. The van der Waals surface area contributed by atoms with Crippen LogP contribution >= 0.6 is 0 Å². The number of fused-ring (bicyclic) bond motifs is 4. The second kappa shape index (κ2) is 15.0.